The fourth-order valence-corrected chi connectivity index (χ4v) is 2.45. The van der Waals surface area contributed by atoms with Gasteiger partial charge in [0, 0.05) is 11.3 Å². The number of aromatic nitrogens is 2. The van der Waals surface area contributed by atoms with E-state index < -0.39 is 12.0 Å². The van der Waals surface area contributed by atoms with E-state index in [2.05, 4.69) is 15.5 Å². The molecule has 0 radical (unpaired) electrons. The van der Waals surface area contributed by atoms with E-state index in [1.165, 1.54) is 31.4 Å². The summed E-state index contributed by atoms with van der Waals surface area (Å²) in [7, 11) is 3.07. The van der Waals surface area contributed by atoms with Crippen molar-refractivity contribution < 1.29 is 28.3 Å². The van der Waals surface area contributed by atoms with Gasteiger partial charge in [-0.3, -0.25) is 0 Å². The van der Waals surface area contributed by atoms with Crippen molar-refractivity contribution in [2.24, 2.45) is 5.73 Å². The summed E-state index contributed by atoms with van der Waals surface area (Å²) >= 11 is 0. The number of nitrogens with zero attached hydrogens (tertiary/aromatic N) is 2. The van der Waals surface area contributed by atoms with Crippen molar-refractivity contribution in [2.45, 2.75) is 6.61 Å². The summed E-state index contributed by atoms with van der Waals surface area (Å²) in [5.41, 5.74) is 6.44. The number of rotatable bonds is 7. The van der Waals surface area contributed by atoms with Gasteiger partial charge in [-0.2, -0.15) is 4.98 Å². The summed E-state index contributed by atoms with van der Waals surface area (Å²) in [6.07, 6.45) is 0. The van der Waals surface area contributed by atoms with Crippen LogP contribution >= 0.6 is 0 Å². The molecule has 0 saturated carbocycles. The maximum absolute atomic E-state index is 12.1. The zero-order valence-electron chi connectivity index (χ0n) is 15.7. The second kappa shape index (κ2) is 8.74. The van der Waals surface area contributed by atoms with E-state index in [0.29, 0.717) is 34.1 Å². The number of benzene rings is 2. The predicted octanol–water partition coefficient (Wildman–Crippen LogP) is 2.60. The van der Waals surface area contributed by atoms with Crippen molar-refractivity contribution in [3.05, 3.63) is 53.9 Å². The minimum absolute atomic E-state index is 0.134. The van der Waals surface area contributed by atoms with Crippen molar-refractivity contribution in [2.75, 3.05) is 19.5 Å². The van der Waals surface area contributed by atoms with Crippen molar-refractivity contribution >= 4 is 17.7 Å². The molecule has 2 amide bonds. The Hall–Kier alpha value is -4.08. The topological polar surface area (TPSA) is 139 Å². The number of esters is 1. The third-order valence-electron chi connectivity index (χ3n) is 3.82. The van der Waals surface area contributed by atoms with Crippen LogP contribution in [0.3, 0.4) is 0 Å². The first kappa shape index (κ1) is 19.7. The van der Waals surface area contributed by atoms with Crippen molar-refractivity contribution in [3.63, 3.8) is 0 Å². The van der Waals surface area contributed by atoms with Gasteiger partial charge in [-0.05, 0) is 42.5 Å². The first-order chi connectivity index (χ1) is 14.0. The van der Waals surface area contributed by atoms with E-state index in [0.717, 1.165) is 0 Å². The van der Waals surface area contributed by atoms with E-state index in [-0.39, 0.29) is 12.5 Å². The average molecular weight is 398 g/mol. The number of amides is 2. The molecule has 2 aromatic carbocycles. The lowest BCUT2D eigenvalue weighted by atomic mass is 10.2. The van der Waals surface area contributed by atoms with E-state index in [9.17, 15) is 9.59 Å². The van der Waals surface area contributed by atoms with Crippen LogP contribution in [0.4, 0.5) is 10.5 Å². The Morgan fingerprint density at radius 2 is 1.79 bits per heavy atom. The molecule has 10 nitrogen and oxygen atoms in total. The van der Waals surface area contributed by atoms with Crippen LogP contribution in [-0.2, 0) is 11.3 Å². The predicted molar refractivity (Wildman–Crippen MR) is 102 cm³/mol. The summed E-state index contributed by atoms with van der Waals surface area (Å²) in [5, 5.41) is 6.28. The zero-order valence-corrected chi connectivity index (χ0v) is 15.7. The van der Waals surface area contributed by atoms with Crippen LogP contribution in [0.25, 0.3) is 11.4 Å². The molecule has 0 fully saturated rings. The summed E-state index contributed by atoms with van der Waals surface area (Å²) in [5.74, 6) is 0.971. The van der Waals surface area contributed by atoms with Gasteiger partial charge in [-0.15, -0.1) is 0 Å². The Bertz CT molecular complexity index is 1020. The molecule has 0 unspecified atom stereocenters. The Morgan fingerprint density at radius 1 is 1.07 bits per heavy atom. The van der Waals surface area contributed by atoms with Gasteiger partial charge < -0.3 is 29.8 Å². The van der Waals surface area contributed by atoms with Crippen LogP contribution in [0.15, 0.2) is 47.0 Å². The first-order valence-corrected chi connectivity index (χ1v) is 8.38. The number of hydrogen-bond acceptors (Lipinski definition) is 8. The standard InChI is InChI=1S/C19H18N4O6/c1-26-14-8-5-12(9-15(14)27-2)17-22-16(29-23-17)10-28-18(24)11-3-6-13(7-4-11)21-19(20)25/h3-9H,10H2,1-2H3,(H3,20,21,25). The third-order valence-corrected chi connectivity index (χ3v) is 3.82. The van der Waals surface area contributed by atoms with Gasteiger partial charge in [0.2, 0.25) is 5.82 Å². The summed E-state index contributed by atoms with van der Waals surface area (Å²) < 4.78 is 20.7. The molecule has 150 valence electrons. The number of hydrogen-bond donors (Lipinski definition) is 2. The number of nitrogens with one attached hydrogen (secondary N) is 1. The number of nitrogens with two attached hydrogens (primary N) is 1. The maximum atomic E-state index is 12.1. The van der Waals surface area contributed by atoms with Crippen LogP contribution in [-0.4, -0.2) is 36.4 Å². The van der Waals surface area contributed by atoms with E-state index >= 15 is 0 Å². The van der Waals surface area contributed by atoms with Crippen LogP contribution in [0.2, 0.25) is 0 Å². The number of primary amides is 1. The second-order valence-electron chi connectivity index (χ2n) is 5.72. The normalized spacial score (nSPS) is 10.3. The number of carbonyl (C=O) groups is 2. The molecule has 0 bridgehead atoms. The molecule has 10 heteroatoms. The minimum Gasteiger partial charge on any atom is -0.493 e. The van der Waals surface area contributed by atoms with Gasteiger partial charge in [0.05, 0.1) is 19.8 Å². The van der Waals surface area contributed by atoms with Crippen molar-refractivity contribution in [1.29, 1.82) is 0 Å². The summed E-state index contributed by atoms with van der Waals surface area (Å²) in [6, 6.07) is 10.5. The Labute approximate surface area is 165 Å². The molecule has 0 aliphatic heterocycles. The highest BCUT2D eigenvalue weighted by atomic mass is 16.6. The highest BCUT2D eigenvalue weighted by Gasteiger charge is 2.14. The highest BCUT2D eigenvalue weighted by molar-refractivity contribution is 5.91. The Morgan fingerprint density at radius 3 is 2.45 bits per heavy atom. The average Bonchev–Trinajstić information content (AvgIpc) is 3.20. The van der Waals surface area contributed by atoms with E-state index in [1.54, 1.807) is 25.3 Å². The van der Waals surface area contributed by atoms with E-state index in [1.807, 2.05) is 0 Å². The SMILES string of the molecule is COc1ccc(-c2noc(COC(=O)c3ccc(NC(N)=O)cc3)n2)cc1OC. The summed E-state index contributed by atoms with van der Waals surface area (Å²) in [6.45, 7) is -0.194. The zero-order chi connectivity index (χ0) is 20.8. The van der Waals surface area contributed by atoms with Gasteiger partial charge in [0.1, 0.15) is 0 Å². The maximum Gasteiger partial charge on any atom is 0.338 e. The molecular formula is C19H18N4O6. The molecule has 0 aliphatic rings. The van der Waals surface area contributed by atoms with E-state index in [4.69, 9.17) is 24.5 Å². The number of carbonyl (C=O) groups excluding carboxylic acids is 2. The van der Waals surface area contributed by atoms with Gasteiger partial charge in [0.25, 0.3) is 5.89 Å². The number of ether oxygens (including phenoxy) is 3. The number of anilines is 1. The molecule has 29 heavy (non-hydrogen) atoms. The highest BCUT2D eigenvalue weighted by Crippen LogP contribution is 2.31. The molecule has 1 heterocycles. The van der Waals surface area contributed by atoms with Gasteiger partial charge >= 0.3 is 12.0 Å². The fraction of sp³-hybridized carbons (Fsp3) is 0.158. The molecule has 0 spiro atoms. The minimum atomic E-state index is -0.693. The molecule has 0 atom stereocenters. The molecule has 1 aromatic heterocycles. The quantitative estimate of drug-likeness (QED) is 0.579. The molecule has 0 aliphatic carbocycles. The monoisotopic (exact) mass is 398 g/mol. The van der Waals surface area contributed by atoms with Crippen LogP contribution in [0.1, 0.15) is 16.2 Å². The smallest absolute Gasteiger partial charge is 0.338 e. The largest absolute Gasteiger partial charge is 0.493 e. The summed E-state index contributed by atoms with van der Waals surface area (Å²) in [4.78, 5) is 27.1. The van der Waals surface area contributed by atoms with Gasteiger partial charge in [-0.25, -0.2) is 9.59 Å². The van der Waals surface area contributed by atoms with Crippen molar-refractivity contribution in [3.8, 4) is 22.9 Å². The van der Waals surface area contributed by atoms with Gasteiger partial charge in [-0.1, -0.05) is 5.16 Å². The fourth-order valence-electron chi connectivity index (χ4n) is 2.45. The molecule has 3 aromatic rings. The third kappa shape index (κ3) is 4.80. The molecule has 3 N–H and O–H groups in total. The van der Waals surface area contributed by atoms with Crippen molar-refractivity contribution in [1.82, 2.24) is 10.1 Å². The Kier molecular flexibility index (Phi) is 5.93. The number of methoxy groups -OCH3 is 2. The lowest BCUT2D eigenvalue weighted by Gasteiger charge is -2.07. The molecule has 3 rings (SSSR count). The second-order valence-corrected chi connectivity index (χ2v) is 5.72. The van der Waals surface area contributed by atoms with Crippen LogP contribution in [0, 0.1) is 0 Å². The van der Waals surface area contributed by atoms with Gasteiger partial charge in [0.15, 0.2) is 18.1 Å². The first-order valence-electron chi connectivity index (χ1n) is 8.38. The van der Waals surface area contributed by atoms with Crippen LogP contribution in [0.5, 0.6) is 11.5 Å². The number of urea groups is 1. The molecular weight excluding hydrogens is 380 g/mol. The lowest BCUT2D eigenvalue weighted by molar-refractivity contribution is 0.0430. The van der Waals surface area contributed by atoms with Crippen LogP contribution < -0.4 is 20.5 Å². The Balaban J connectivity index is 1.63. The molecule has 0 saturated heterocycles. The lowest BCUT2D eigenvalue weighted by Crippen LogP contribution is -2.19.